The van der Waals surface area contributed by atoms with Crippen LogP contribution in [0.15, 0.2) is 0 Å². The molecule has 3 aliphatic rings. The van der Waals surface area contributed by atoms with Gasteiger partial charge >= 0.3 is 6.03 Å². The van der Waals surface area contributed by atoms with Crippen molar-refractivity contribution in [3.63, 3.8) is 0 Å². The van der Waals surface area contributed by atoms with Gasteiger partial charge in [-0.2, -0.15) is 0 Å². The molecule has 2 N–H and O–H groups in total. The molecule has 2 heterocycles. The van der Waals surface area contributed by atoms with Gasteiger partial charge in [-0.25, -0.2) is 4.79 Å². The van der Waals surface area contributed by atoms with Crippen LogP contribution >= 0.6 is 0 Å². The molecule has 136 valence electrons. The number of ether oxygens (including phenoxy) is 2. The number of nitrogens with one attached hydrogen (secondary N) is 2. The zero-order chi connectivity index (χ0) is 16.8. The fraction of sp³-hybridized carbons (Fsp3) is 0.882. The van der Waals surface area contributed by atoms with Crippen molar-refractivity contribution in [3.8, 4) is 0 Å². The van der Waals surface area contributed by atoms with E-state index in [9.17, 15) is 9.59 Å². The summed E-state index contributed by atoms with van der Waals surface area (Å²) in [5.74, 6) is -0.0829. The van der Waals surface area contributed by atoms with E-state index in [1.54, 1.807) is 4.90 Å². The highest BCUT2D eigenvalue weighted by molar-refractivity contribution is 5.87. The Morgan fingerprint density at radius 3 is 2.62 bits per heavy atom. The summed E-state index contributed by atoms with van der Waals surface area (Å²) in [5.41, 5.74) is 0. The number of hydrogen-bond acceptors (Lipinski definition) is 4. The van der Waals surface area contributed by atoms with Crippen LogP contribution in [-0.4, -0.2) is 67.9 Å². The number of carbonyl (C=O) groups is 2. The Bertz CT molecular complexity index is 434. The second kappa shape index (κ2) is 8.67. The molecule has 0 spiro atoms. The van der Waals surface area contributed by atoms with Crippen molar-refractivity contribution < 1.29 is 19.1 Å². The lowest BCUT2D eigenvalue weighted by atomic mass is 9.96. The number of rotatable bonds is 4. The summed E-state index contributed by atoms with van der Waals surface area (Å²) in [6.07, 6.45) is 7.23. The zero-order valence-corrected chi connectivity index (χ0v) is 14.3. The van der Waals surface area contributed by atoms with E-state index in [1.807, 2.05) is 0 Å². The number of nitrogens with zero attached hydrogens (tertiary/aromatic N) is 1. The number of urea groups is 1. The lowest BCUT2D eigenvalue weighted by Crippen LogP contribution is -2.53. The summed E-state index contributed by atoms with van der Waals surface area (Å²) in [5, 5.41) is 6.03. The predicted molar refractivity (Wildman–Crippen MR) is 88.7 cm³/mol. The van der Waals surface area contributed by atoms with Crippen LogP contribution in [0, 0.1) is 0 Å². The van der Waals surface area contributed by atoms with Gasteiger partial charge in [-0.15, -0.1) is 0 Å². The summed E-state index contributed by atoms with van der Waals surface area (Å²) in [6.45, 7) is 2.78. The summed E-state index contributed by atoms with van der Waals surface area (Å²) in [6, 6.07) is -0.182. The molecule has 3 rings (SSSR count). The number of hydrogen-bond donors (Lipinski definition) is 2. The van der Waals surface area contributed by atoms with Gasteiger partial charge in [0.2, 0.25) is 5.91 Å². The van der Waals surface area contributed by atoms with Gasteiger partial charge in [0.1, 0.15) is 6.04 Å². The number of amides is 3. The Morgan fingerprint density at radius 2 is 1.88 bits per heavy atom. The standard InChI is InChI=1S/C17H29N3O4/c21-16(18-11-14-12-23-9-10-24-14)15-7-4-8-20(15)17(22)19-13-5-2-1-3-6-13/h13-15H,1-12H2,(H,18,21)(H,19,22). The van der Waals surface area contributed by atoms with Crippen molar-refractivity contribution in [1.82, 2.24) is 15.5 Å². The highest BCUT2D eigenvalue weighted by Gasteiger charge is 2.35. The summed E-state index contributed by atoms with van der Waals surface area (Å²) in [4.78, 5) is 26.7. The Labute approximate surface area is 143 Å². The molecule has 1 aliphatic carbocycles. The van der Waals surface area contributed by atoms with Crippen LogP contribution in [-0.2, 0) is 14.3 Å². The third-order valence-electron chi connectivity index (χ3n) is 5.14. The molecular weight excluding hydrogens is 310 g/mol. The van der Waals surface area contributed by atoms with Crippen molar-refractivity contribution in [2.75, 3.05) is 32.9 Å². The second-order valence-electron chi connectivity index (χ2n) is 6.95. The maximum atomic E-state index is 12.5. The van der Waals surface area contributed by atoms with E-state index >= 15 is 0 Å². The molecule has 0 aromatic rings. The highest BCUT2D eigenvalue weighted by Crippen LogP contribution is 2.21. The van der Waals surface area contributed by atoms with Crippen molar-refractivity contribution >= 4 is 11.9 Å². The molecule has 3 fully saturated rings. The first kappa shape index (κ1) is 17.5. The fourth-order valence-corrected chi connectivity index (χ4v) is 3.77. The molecule has 0 aromatic carbocycles. The van der Waals surface area contributed by atoms with E-state index in [0.29, 0.717) is 32.9 Å². The first-order valence-corrected chi connectivity index (χ1v) is 9.28. The van der Waals surface area contributed by atoms with Gasteiger partial charge in [0, 0.05) is 19.1 Å². The summed E-state index contributed by atoms with van der Waals surface area (Å²) >= 11 is 0. The molecule has 7 heteroatoms. The Morgan fingerprint density at radius 1 is 1.04 bits per heavy atom. The maximum absolute atomic E-state index is 12.5. The van der Waals surface area contributed by atoms with Crippen LogP contribution in [0.1, 0.15) is 44.9 Å². The molecule has 7 nitrogen and oxygen atoms in total. The maximum Gasteiger partial charge on any atom is 0.318 e. The molecule has 3 amide bonds. The van der Waals surface area contributed by atoms with Crippen LogP contribution in [0.25, 0.3) is 0 Å². The van der Waals surface area contributed by atoms with Gasteiger partial charge < -0.3 is 25.0 Å². The Hall–Kier alpha value is -1.34. The topological polar surface area (TPSA) is 79.9 Å². The molecule has 2 unspecified atom stereocenters. The van der Waals surface area contributed by atoms with Crippen molar-refractivity contribution in [2.24, 2.45) is 0 Å². The average Bonchev–Trinajstić information content (AvgIpc) is 3.11. The third-order valence-corrected chi connectivity index (χ3v) is 5.14. The first-order valence-electron chi connectivity index (χ1n) is 9.28. The Balaban J connectivity index is 1.46. The van der Waals surface area contributed by atoms with E-state index in [4.69, 9.17) is 9.47 Å². The highest BCUT2D eigenvalue weighted by atomic mass is 16.6. The summed E-state index contributed by atoms with van der Waals surface area (Å²) in [7, 11) is 0. The van der Waals surface area contributed by atoms with Crippen LogP contribution in [0.4, 0.5) is 4.79 Å². The molecule has 2 saturated heterocycles. The van der Waals surface area contributed by atoms with E-state index in [1.165, 1.54) is 19.3 Å². The normalized spacial score (nSPS) is 28.6. The van der Waals surface area contributed by atoms with Gasteiger partial charge in [-0.1, -0.05) is 19.3 Å². The van der Waals surface area contributed by atoms with Crippen molar-refractivity contribution in [2.45, 2.75) is 63.1 Å². The van der Waals surface area contributed by atoms with Crippen molar-refractivity contribution in [1.29, 1.82) is 0 Å². The first-order chi connectivity index (χ1) is 11.7. The minimum Gasteiger partial charge on any atom is -0.376 e. The van der Waals surface area contributed by atoms with Crippen molar-refractivity contribution in [3.05, 3.63) is 0 Å². The van der Waals surface area contributed by atoms with E-state index in [0.717, 1.165) is 25.7 Å². The predicted octanol–water partition coefficient (Wildman–Crippen LogP) is 1.02. The van der Waals surface area contributed by atoms with Gasteiger partial charge in [0.25, 0.3) is 0 Å². The molecular formula is C17H29N3O4. The molecule has 0 bridgehead atoms. The quantitative estimate of drug-likeness (QED) is 0.802. The van der Waals surface area contributed by atoms with E-state index in [2.05, 4.69) is 10.6 Å². The minimum atomic E-state index is -0.363. The van der Waals surface area contributed by atoms with Gasteiger partial charge in [-0.3, -0.25) is 4.79 Å². The van der Waals surface area contributed by atoms with Crippen LogP contribution in [0.5, 0.6) is 0 Å². The van der Waals surface area contributed by atoms with Crippen LogP contribution in [0.3, 0.4) is 0 Å². The van der Waals surface area contributed by atoms with Gasteiger partial charge in [-0.05, 0) is 25.7 Å². The summed E-state index contributed by atoms with van der Waals surface area (Å²) < 4.78 is 10.9. The molecule has 24 heavy (non-hydrogen) atoms. The van der Waals surface area contributed by atoms with Crippen LogP contribution < -0.4 is 10.6 Å². The molecule has 2 aliphatic heterocycles. The van der Waals surface area contributed by atoms with Gasteiger partial charge in [0.15, 0.2) is 0 Å². The fourth-order valence-electron chi connectivity index (χ4n) is 3.77. The number of likely N-dealkylation sites (tertiary alicyclic amines) is 1. The van der Waals surface area contributed by atoms with E-state index in [-0.39, 0.29) is 30.1 Å². The second-order valence-corrected chi connectivity index (χ2v) is 6.95. The minimum absolute atomic E-state index is 0.0829. The third kappa shape index (κ3) is 4.60. The Kier molecular flexibility index (Phi) is 6.31. The largest absolute Gasteiger partial charge is 0.376 e. The molecule has 2 atom stereocenters. The molecule has 1 saturated carbocycles. The lowest BCUT2D eigenvalue weighted by Gasteiger charge is -2.29. The molecule has 0 aromatic heterocycles. The van der Waals surface area contributed by atoms with Gasteiger partial charge in [0.05, 0.1) is 25.9 Å². The van der Waals surface area contributed by atoms with E-state index < -0.39 is 0 Å². The molecule has 0 radical (unpaired) electrons. The van der Waals surface area contributed by atoms with Crippen LogP contribution in [0.2, 0.25) is 0 Å². The lowest BCUT2D eigenvalue weighted by molar-refractivity contribution is -0.127. The smallest absolute Gasteiger partial charge is 0.318 e. The monoisotopic (exact) mass is 339 g/mol. The number of carbonyl (C=O) groups excluding carboxylic acids is 2. The zero-order valence-electron chi connectivity index (χ0n) is 14.3. The SMILES string of the molecule is O=C(NCC1COCCO1)C1CCCN1C(=O)NC1CCCCC1. The average molecular weight is 339 g/mol.